The molecule has 0 radical (unpaired) electrons. The van der Waals surface area contributed by atoms with Crippen LogP contribution in [0, 0.1) is 6.92 Å². The number of piperazine rings is 1. The second-order valence-electron chi connectivity index (χ2n) is 4.83. The zero-order valence-corrected chi connectivity index (χ0v) is 12.2. The fourth-order valence-electron chi connectivity index (χ4n) is 2.27. The summed E-state index contributed by atoms with van der Waals surface area (Å²) in [7, 11) is 0. The van der Waals surface area contributed by atoms with Gasteiger partial charge in [0.1, 0.15) is 5.82 Å². The summed E-state index contributed by atoms with van der Waals surface area (Å²) in [5.41, 5.74) is 0.892. The Kier molecular flexibility index (Phi) is 4.62. The van der Waals surface area contributed by atoms with E-state index in [-0.39, 0.29) is 11.7 Å². The number of nitrogens with zero attached hydrogens (tertiary/aromatic N) is 3. The molecule has 7 nitrogen and oxygen atoms in total. The van der Waals surface area contributed by atoms with Gasteiger partial charge < -0.3 is 19.6 Å². The number of aromatic nitrogens is 1. The number of aryl methyl sites for hydroxylation is 1. The van der Waals surface area contributed by atoms with Crippen molar-refractivity contribution in [3.8, 4) is 0 Å². The van der Waals surface area contributed by atoms with Crippen molar-refractivity contribution in [3.05, 3.63) is 23.4 Å². The lowest BCUT2D eigenvalue weighted by molar-refractivity contribution is 0.0696. The number of carboxylic acid groups (broad SMARTS) is 1. The number of amides is 1. The van der Waals surface area contributed by atoms with Crippen molar-refractivity contribution in [2.45, 2.75) is 13.8 Å². The molecular formula is C14H19N3O4. The Hall–Kier alpha value is -2.31. The van der Waals surface area contributed by atoms with Crippen molar-refractivity contribution in [2.24, 2.45) is 0 Å². The molecule has 1 aliphatic rings. The first-order valence-corrected chi connectivity index (χ1v) is 6.90. The van der Waals surface area contributed by atoms with Crippen LogP contribution in [0.1, 0.15) is 23.0 Å². The fourth-order valence-corrected chi connectivity index (χ4v) is 2.27. The summed E-state index contributed by atoms with van der Waals surface area (Å²) in [6.45, 7) is 6.19. The predicted molar refractivity (Wildman–Crippen MR) is 76.7 cm³/mol. The zero-order chi connectivity index (χ0) is 15.4. The van der Waals surface area contributed by atoms with E-state index in [1.807, 2.05) is 4.90 Å². The summed E-state index contributed by atoms with van der Waals surface area (Å²) in [6, 6.07) is 3.11. The molecule has 1 fully saturated rings. The minimum Gasteiger partial charge on any atom is -0.478 e. The third-order valence-corrected chi connectivity index (χ3v) is 3.32. The summed E-state index contributed by atoms with van der Waals surface area (Å²) in [6.07, 6.45) is -0.305. The third-order valence-electron chi connectivity index (χ3n) is 3.32. The number of pyridine rings is 1. The Balaban J connectivity index is 2.05. The molecule has 1 amide bonds. The van der Waals surface area contributed by atoms with Crippen molar-refractivity contribution in [1.82, 2.24) is 9.88 Å². The highest BCUT2D eigenvalue weighted by molar-refractivity contribution is 5.88. The first-order valence-electron chi connectivity index (χ1n) is 6.90. The Morgan fingerprint density at radius 1 is 1.29 bits per heavy atom. The van der Waals surface area contributed by atoms with Crippen LogP contribution in [0.4, 0.5) is 10.6 Å². The summed E-state index contributed by atoms with van der Waals surface area (Å²) in [4.78, 5) is 30.7. The summed E-state index contributed by atoms with van der Waals surface area (Å²) in [5, 5.41) is 9.09. The van der Waals surface area contributed by atoms with Gasteiger partial charge in [-0.25, -0.2) is 14.6 Å². The lowest BCUT2D eigenvalue weighted by Gasteiger charge is -2.34. The van der Waals surface area contributed by atoms with Crippen molar-refractivity contribution >= 4 is 17.9 Å². The molecule has 1 aromatic rings. The van der Waals surface area contributed by atoms with Gasteiger partial charge in [0.2, 0.25) is 0 Å². The van der Waals surface area contributed by atoms with Gasteiger partial charge in [-0.3, -0.25) is 0 Å². The van der Waals surface area contributed by atoms with Crippen LogP contribution in [-0.4, -0.2) is 59.8 Å². The number of ether oxygens (including phenoxy) is 1. The Labute approximate surface area is 123 Å². The molecule has 0 aliphatic carbocycles. The number of aromatic carboxylic acids is 1. The van der Waals surface area contributed by atoms with Crippen LogP contribution in [0.25, 0.3) is 0 Å². The molecule has 1 saturated heterocycles. The Morgan fingerprint density at radius 2 is 1.95 bits per heavy atom. The van der Waals surface area contributed by atoms with E-state index in [4.69, 9.17) is 9.84 Å². The van der Waals surface area contributed by atoms with Crippen molar-refractivity contribution < 1.29 is 19.4 Å². The van der Waals surface area contributed by atoms with Gasteiger partial charge in [-0.1, -0.05) is 0 Å². The molecule has 2 rings (SSSR count). The highest BCUT2D eigenvalue weighted by Gasteiger charge is 2.23. The molecule has 0 atom stereocenters. The standard InChI is InChI=1S/C14H19N3O4/c1-3-21-14(20)17-6-4-16(5-7-17)12-9-11(13(18)19)8-10(2)15-12/h8-9H,3-7H2,1-2H3,(H,18,19). The smallest absolute Gasteiger partial charge is 0.409 e. The van der Waals surface area contributed by atoms with Gasteiger partial charge in [0.05, 0.1) is 12.2 Å². The van der Waals surface area contributed by atoms with Crippen molar-refractivity contribution in [2.75, 3.05) is 37.7 Å². The number of carbonyl (C=O) groups is 2. The maximum atomic E-state index is 11.6. The number of carboxylic acids is 1. The Morgan fingerprint density at radius 3 is 2.52 bits per heavy atom. The van der Waals surface area contributed by atoms with Gasteiger partial charge in [-0.15, -0.1) is 0 Å². The largest absolute Gasteiger partial charge is 0.478 e. The Bertz CT molecular complexity index is 539. The number of carbonyl (C=O) groups excluding carboxylic acids is 1. The third kappa shape index (κ3) is 3.62. The van der Waals surface area contributed by atoms with Crippen LogP contribution < -0.4 is 4.90 Å². The summed E-state index contributed by atoms with van der Waals surface area (Å²) in [5.74, 6) is -0.331. The van der Waals surface area contributed by atoms with Crippen LogP contribution in [0.3, 0.4) is 0 Å². The molecule has 0 bridgehead atoms. The normalized spacial score (nSPS) is 15.0. The van der Waals surface area contributed by atoms with Crippen LogP contribution in [0.5, 0.6) is 0 Å². The average molecular weight is 293 g/mol. The molecule has 1 aliphatic heterocycles. The molecule has 114 valence electrons. The quantitative estimate of drug-likeness (QED) is 0.906. The van der Waals surface area contributed by atoms with Crippen molar-refractivity contribution in [1.29, 1.82) is 0 Å². The molecule has 0 spiro atoms. The second kappa shape index (κ2) is 6.43. The van der Waals surface area contributed by atoms with E-state index in [2.05, 4.69) is 4.98 Å². The SMILES string of the molecule is CCOC(=O)N1CCN(c2cc(C(=O)O)cc(C)n2)CC1. The monoisotopic (exact) mass is 293 g/mol. The van der Waals surface area contributed by atoms with E-state index in [0.717, 1.165) is 0 Å². The molecule has 2 heterocycles. The van der Waals surface area contributed by atoms with E-state index >= 15 is 0 Å². The van der Waals surface area contributed by atoms with Crippen molar-refractivity contribution in [3.63, 3.8) is 0 Å². The molecule has 1 aromatic heterocycles. The number of hydrogen-bond donors (Lipinski definition) is 1. The molecular weight excluding hydrogens is 274 g/mol. The molecule has 1 N–H and O–H groups in total. The van der Waals surface area contributed by atoms with Crippen LogP contribution in [-0.2, 0) is 4.74 Å². The minimum atomic E-state index is -0.966. The molecule has 0 unspecified atom stereocenters. The lowest BCUT2D eigenvalue weighted by Crippen LogP contribution is -2.49. The van der Waals surface area contributed by atoms with E-state index in [1.54, 1.807) is 30.9 Å². The fraction of sp³-hybridized carbons (Fsp3) is 0.500. The maximum Gasteiger partial charge on any atom is 0.409 e. The zero-order valence-electron chi connectivity index (χ0n) is 12.2. The highest BCUT2D eigenvalue weighted by Crippen LogP contribution is 2.17. The molecule has 7 heteroatoms. The summed E-state index contributed by atoms with van der Waals surface area (Å²) >= 11 is 0. The first kappa shape index (κ1) is 15.1. The van der Waals surface area contributed by atoms with Gasteiger partial charge in [-0.2, -0.15) is 0 Å². The van der Waals surface area contributed by atoms with Gasteiger partial charge >= 0.3 is 12.1 Å². The van der Waals surface area contributed by atoms with E-state index < -0.39 is 5.97 Å². The second-order valence-corrected chi connectivity index (χ2v) is 4.83. The minimum absolute atomic E-state index is 0.227. The van der Waals surface area contributed by atoms with Gasteiger partial charge in [-0.05, 0) is 26.0 Å². The van der Waals surface area contributed by atoms with Crippen LogP contribution >= 0.6 is 0 Å². The number of rotatable bonds is 3. The summed E-state index contributed by atoms with van der Waals surface area (Å²) < 4.78 is 4.97. The number of hydrogen-bond acceptors (Lipinski definition) is 5. The van der Waals surface area contributed by atoms with Gasteiger partial charge in [0, 0.05) is 31.9 Å². The van der Waals surface area contributed by atoms with E-state index in [0.29, 0.717) is 44.3 Å². The molecule has 21 heavy (non-hydrogen) atoms. The molecule has 0 aromatic carbocycles. The van der Waals surface area contributed by atoms with Crippen LogP contribution in [0.2, 0.25) is 0 Å². The highest BCUT2D eigenvalue weighted by atomic mass is 16.6. The maximum absolute atomic E-state index is 11.6. The topological polar surface area (TPSA) is 83.0 Å². The first-order chi connectivity index (χ1) is 10.0. The van der Waals surface area contributed by atoms with E-state index in [9.17, 15) is 9.59 Å². The number of anilines is 1. The van der Waals surface area contributed by atoms with Crippen LogP contribution in [0.15, 0.2) is 12.1 Å². The van der Waals surface area contributed by atoms with Gasteiger partial charge in [0.25, 0.3) is 0 Å². The lowest BCUT2D eigenvalue weighted by atomic mass is 10.2. The van der Waals surface area contributed by atoms with Gasteiger partial charge in [0.15, 0.2) is 0 Å². The predicted octanol–water partition coefficient (Wildman–Crippen LogP) is 1.37. The molecule has 0 saturated carbocycles. The average Bonchev–Trinajstić information content (AvgIpc) is 2.47. The van der Waals surface area contributed by atoms with E-state index in [1.165, 1.54) is 0 Å².